The second-order valence-electron chi connectivity index (χ2n) is 3.86. The molecule has 5 nitrogen and oxygen atoms in total. The van der Waals surface area contributed by atoms with E-state index in [1.807, 2.05) is 27.9 Å². The van der Waals surface area contributed by atoms with E-state index in [1.165, 1.54) is 0 Å². The van der Waals surface area contributed by atoms with E-state index in [-0.39, 0.29) is 5.78 Å². The molecule has 0 aliphatic carbocycles. The molecule has 0 radical (unpaired) electrons. The fraction of sp³-hybridized carbons (Fsp3) is 0.364. The second-order valence-corrected chi connectivity index (χ2v) is 3.86. The standard InChI is InChI=1S/C11H14N4O/c1-7-9(5-12-14(7)3)11(16)10-6-13-15(4)8(10)2/h5-6H,1-4H3. The van der Waals surface area contributed by atoms with E-state index in [2.05, 4.69) is 10.2 Å². The summed E-state index contributed by atoms with van der Waals surface area (Å²) in [6, 6.07) is 0. The van der Waals surface area contributed by atoms with Gasteiger partial charge in [0.15, 0.2) is 5.78 Å². The minimum Gasteiger partial charge on any atom is -0.288 e. The Hall–Kier alpha value is -1.91. The van der Waals surface area contributed by atoms with Gasteiger partial charge in [-0.1, -0.05) is 0 Å². The van der Waals surface area contributed by atoms with Crippen LogP contribution in [0.3, 0.4) is 0 Å². The number of rotatable bonds is 2. The number of aryl methyl sites for hydroxylation is 2. The Kier molecular flexibility index (Phi) is 2.38. The van der Waals surface area contributed by atoms with Gasteiger partial charge < -0.3 is 0 Å². The average Bonchev–Trinajstić information content (AvgIpc) is 2.74. The minimum absolute atomic E-state index is 0.0174. The average molecular weight is 218 g/mol. The Morgan fingerprint density at radius 1 is 1.00 bits per heavy atom. The van der Waals surface area contributed by atoms with Gasteiger partial charge in [-0.15, -0.1) is 0 Å². The maximum absolute atomic E-state index is 12.2. The third kappa shape index (κ3) is 1.44. The molecule has 0 aliphatic heterocycles. The third-order valence-corrected chi connectivity index (χ3v) is 2.96. The normalized spacial score (nSPS) is 10.8. The summed E-state index contributed by atoms with van der Waals surface area (Å²) in [5.41, 5.74) is 3.01. The number of hydrogen-bond donors (Lipinski definition) is 0. The number of carbonyl (C=O) groups is 1. The molecule has 2 aromatic rings. The molecule has 0 bridgehead atoms. The maximum atomic E-state index is 12.2. The van der Waals surface area contributed by atoms with Crippen molar-refractivity contribution in [2.24, 2.45) is 14.1 Å². The summed E-state index contributed by atoms with van der Waals surface area (Å²) in [7, 11) is 3.64. The number of aromatic nitrogens is 4. The summed E-state index contributed by atoms with van der Waals surface area (Å²) >= 11 is 0. The number of ketones is 1. The van der Waals surface area contributed by atoms with Gasteiger partial charge >= 0.3 is 0 Å². The lowest BCUT2D eigenvalue weighted by Crippen LogP contribution is -2.05. The third-order valence-electron chi connectivity index (χ3n) is 2.96. The van der Waals surface area contributed by atoms with E-state index in [1.54, 1.807) is 21.8 Å². The van der Waals surface area contributed by atoms with Crippen molar-refractivity contribution in [3.8, 4) is 0 Å². The molecule has 0 unspecified atom stereocenters. The molecule has 0 saturated heterocycles. The van der Waals surface area contributed by atoms with Crippen molar-refractivity contribution in [3.63, 3.8) is 0 Å². The summed E-state index contributed by atoms with van der Waals surface area (Å²) < 4.78 is 3.39. The SMILES string of the molecule is Cc1c(C(=O)c2cnn(C)c2C)cnn1C. The van der Waals surface area contributed by atoms with Crippen LogP contribution in [0.25, 0.3) is 0 Å². The summed E-state index contributed by atoms with van der Waals surface area (Å²) in [4.78, 5) is 12.2. The van der Waals surface area contributed by atoms with E-state index in [0.717, 1.165) is 11.4 Å². The fourth-order valence-corrected chi connectivity index (χ4v) is 1.59. The van der Waals surface area contributed by atoms with Crippen LogP contribution in [-0.4, -0.2) is 25.3 Å². The Balaban J connectivity index is 2.47. The molecule has 0 aromatic carbocycles. The van der Waals surface area contributed by atoms with Gasteiger partial charge in [-0.25, -0.2) is 0 Å². The number of nitrogens with zero attached hydrogens (tertiary/aromatic N) is 4. The van der Waals surface area contributed by atoms with Crippen molar-refractivity contribution in [2.75, 3.05) is 0 Å². The molecule has 0 atom stereocenters. The highest BCUT2D eigenvalue weighted by Gasteiger charge is 2.18. The van der Waals surface area contributed by atoms with Crippen LogP contribution < -0.4 is 0 Å². The Morgan fingerprint density at radius 2 is 1.38 bits per heavy atom. The molecule has 0 aliphatic rings. The van der Waals surface area contributed by atoms with Crippen LogP contribution in [0.4, 0.5) is 0 Å². The smallest absolute Gasteiger partial charge is 0.199 e. The van der Waals surface area contributed by atoms with Gasteiger partial charge in [0.1, 0.15) is 0 Å². The highest BCUT2D eigenvalue weighted by molar-refractivity contribution is 6.10. The molecule has 16 heavy (non-hydrogen) atoms. The van der Waals surface area contributed by atoms with Gasteiger partial charge in [0, 0.05) is 25.5 Å². The Morgan fingerprint density at radius 3 is 1.62 bits per heavy atom. The summed E-state index contributed by atoms with van der Waals surface area (Å²) in [5, 5.41) is 8.14. The topological polar surface area (TPSA) is 52.7 Å². The van der Waals surface area contributed by atoms with Crippen molar-refractivity contribution in [2.45, 2.75) is 13.8 Å². The van der Waals surface area contributed by atoms with Crippen molar-refractivity contribution < 1.29 is 4.79 Å². The molecule has 0 N–H and O–H groups in total. The molecule has 0 spiro atoms. The van der Waals surface area contributed by atoms with Gasteiger partial charge in [0.2, 0.25) is 0 Å². The molecule has 2 rings (SSSR count). The van der Waals surface area contributed by atoms with E-state index in [9.17, 15) is 4.79 Å². The number of hydrogen-bond acceptors (Lipinski definition) is 3. The molecule has 5 heteroatoms. The zero-order valence-corrected chi connectivity index (χ0v) is 9.85. The molecular weight excluding hydrogens is 204 g/mol. The lowest BCUT2D eigenvalue weighted by Gasteiger charge is -2.00. The van der Waals surface area contributed by atoms with Crippen LogP contribution >= 0.6 is 0 Å². The molecule has 0 amide bonds. The van der Waals surface area contributed by atoms with E-state index < -0.39 is 0 Å². The van der Waals surface area contributed by atoms with Gasteiger partial charge in [0.25, 0.3) is 0 Å². The van der Waals surface area contributed by atoms with Crippen LogP contribution in [-0.2, 0) is 14.1 Å². The highest BCUT2D eigenvalue weighted by Crippen LogP contribution is 2.15. The van der Waals surface area contributed by atoms with Crippen LogP contribution in [0.15, 0.2) is 12.4 Å². The first-order chi connectivity index (χ1) is 7.52. The summed E-state index contributed by atoms with van der Waals surface area (Å²) in [5.74, 6) is -0.0174. The van der Waals surface area contributed by atoms with Gasteiger partial charge in [-0.3, -0.25) is 14.2 Å². The van der Waals surface area contributed by atoms with Crippen LogP contribution in [0.2, 0.25) is 0 Å². The van der Waals surface area contributed by atoms with E-state index in [0.29, 0.717) is 11.1 Å². The zero-order valence-electron chi connectivity index (χ0n) is 9.85. The highest BCUT2D eigenvalue weighted by atomic mass is 16.1. The van der Waals surface area contributed by atoms with Crippen molar-refractivity contribution in [3.05, 3.63) is 34.9 Å². The minimum atomic E-state index is -0.0174. The fourth-order valence-electron chi connectivity index (χ4n) is 1.59. The van der Waals surface area contributed by atoms with Gasteiger partial charge in [-0.05, 0) is 13.8 Å². The molecule has 0 saturated carbocycles. The quantitative estimate of drug-likeness (QED) is 0.707. The zero-order chi connectivity index (χ0) is 11.9. The first-order valence-corrected chi connectivity index (χ1v) is 5.04. The van der Waals surface area contributed by atoms with Crippen LogP contribution in [0.1, 0.15) is 27.3 Å². The lowest BCUT2D eigenvalue weighted by atomic mass is 10.1. The Labute approximate surface area is 93.7 Å². The Bertz CT molecular complexity index is 502. The van der Waals surface area contributed by atoms with Crippen molar-refractivity contribution >= 4 is 5.78 Å². The second kappa shape index (κ2) is 3.59. The largest absolute Gasteiger partial charge is 0.288 e. The van der Waals surface area contributed by atoms with Crippen molar-refractivity contribution in [1.82, 2.24) is 19.6 Å². The first kappa shape index (κ1) is 10.6. The van der Waals surface area contributed by atoms with Crippen molar-refractivity contribution in [1.29, 1.82) is 0 Å². The lowest BCUT2D eigenvalue weighted by molar-refractivity contribution is 0.103. The van der Waals surface area contributed by atoms with E-state index in [4.69, 9.17) is 0 Å². The first-order valence-electron chi connectivity index (χ1n) is 5.04. The van der Waals surface area contributed by atoms with Crippen LogP contribution in [0, 0.1) is 13.8 Å². The summed E-state index contributed by atoms with van der Waals surface area (Å²) in [6.45, 7) is 3.76. The molecule has 84 valence electrons. The number of carbonyl (C=O) groups excluding carboxylic acids is 1. The van der Waals surface area contributed by atoms with Gasteiger partial charge in [0.05, 0.1) is 23.5 Å². The molecular formula is C11H14N4O. The monoisotopic (exact) mass is 218 g/mol. The van der Waals surface area contributed by atoms with Gasteiger partial charge in [-0.2, -0.15) is 10.2 Å². The molecule has 2 aromatic heterocycles. The maximum Gasteiger partial charge on any atom is 0.199 e. The molecule has 2 heterocycles. The van der Waals surface area contributed by atoms with Crippen LogP contribution in [0.5, 0.6) is 0 Å². The predicted octanol–water partition coefficient (Wildman–Crippen LogP) is 1.00. The predicted molar refractivity (Wildman–Crippen MR) is 59.3 cm³/mol. The van der Waals surface area contributed by atoms with E-state index >= 15 is 0 Å². The summed E-state index contributed by atoms with van der Waals surface area (Å²) in [6.07, 6.45) is 3.20. The molecule has 0 fully saturated rings.